The van der Waals surface area contributed by atoms with Crippen LogP contribution in [0, 0.1) is 6.92 Å². The molecule has 3 heterocycles. The van der Waals surface area contributed by atoms with Gasteiger partial charge in [-0.1, -0.05) is 59.8 Å². The van der Waals surface area contributed by atoms with Crippen molar-refractivity contribution >= 4 is 29.0 Å². The van der Waals surface area contributed by atoms with Crippen LogP contribution in [0.15, 0.2) is 89.7 Å². The Hall–Kier alpha value is -3.82. The molecule has 1 N–H and O–H groups in total. The molecule has 0 saturated heterocycles. The van der Waals surface area contributed by atoms with E-state index >= 15 is 0 Å². The summed E-state index contributed by atoms with van der Waals surface area (Å²) in [6, 6.07) is 21.9. The van der Waals surface area contributed by atoms with Crippen molar-refractivity contribution in [1.82, 2.24) is 30.0 Å². The van der Waals surface area contributed by atoms with Gasteiger partial charge in [0.2, 0.25) is 0 Å². The van der Waals surface area contributed by atoms with Gasteiger partial charge in [0, 0.05) is 29.0 Å². The SMILES string of the molecule is Cc1ccc(-n2c(SCc3nc(C(=O)NC(C)c4ccccc4)cs3)nnc2-c2ccncc2)cc1. The average molecular weight is 513 g/mol. The number of hydrogen-bond donors (Lipinski definition) is 1. The predicted molar refractivity (Wildman–Crippen MR) is 143 cm³/mol. The first-order valence-electron chi connectivity index (χ1n) is 11.4. The summed E-state index contributed by atoms with van der Waals surface area (Å²) >= 11 is 3.01. The summed E-state index contributed by atoms with van der Waals surface area (Å²) in [5.41, 5.74) is 4.58. The number of aryl methyl sites for hydroxylation is 1. The van der Waals surface area contributed by atoms with Gasteiger partial charge in [0.25, 0.3) is 5.91 Å². The molecule has 1 atom stereocenters. The molecule has 9 heteroatoms. The van der Waals surface area contributed by atoms with Crippen LogP contribution in [0.25, 0.3) is 17.1 Å². The lowest BCUT2D eigenvalue weighted by Crippen LogP contribution is -2.26. The normalized spacial score (nSPS) is 11.8. The lowest BCUT2D eigenvalue weighted by atomic mass is 10.1. The van der Waals surface area contributed by atoms with E-state index in [2.05, 4.69) is 56.7 Å². The zero-order valence-corrected chi connectivity index (χ0v) is 21.5. The number of amides is 1. The molecule has 7 nitrogen and oxygen atoms in total. The molecule has 0 saturated carbocycles. The maximum absolute atomic E-state index is 12.7. The minimum absolute atomic E-state index is 0.0992. The molecule has 1 amide bonds. The first-order valence-corrected chi connectivity index (χ1v) is 13.3. The smallest absolute Gasteiger partial charge is 0.271 e. The number of thiazole rings is 1. The second kappa shape index (κ2) is 10.8. The monoisotopic (exact) mass is 512 g/mol. The minimum Gasteiger partial charge on any atom is -0.344 e. The number of thioether (sulfide) groups is 1. The second-order valence-corrected chi connectivity index (χ2v) is 10.1. The molecule has 5 rings (SSSR count). The molecule has 36 heavy (non-hydrogen) atoms. The molecular formula is C27H24N6OS2. The second-order valence-electron chi connectivity index (χ2n) is 8.23. The van der Waals surface area contributed by atoms with Crippen molar-refractivity contribution in [2.75, 3.05) is 0 Å². The minimum atomic E-state index is -0.179. The van der Waals surface area contributed by atoms with Crippen molar-refractivity contribution in [2.24, 2.45) is 0 Å². The van der Waals surface area contributed by atoms with Crippen molar-refractivity contribution in [3.63, 3.8) is 0 Å². The largest absolute Gasteiger partial charge is 0.344 e. The van der Waals surface area contributed by atoms with Crippen LogP contribution in [0.2, 0.25) is 0 Å². The third-order valence-corrected chi connectivity index (χ3v) is 7.59. The summed E-state index contributed by atoms with van der Waals surface area (Å²) in [6.45, 7) is 4.03. The third-order valence-electron chi connectivity index (χ3n) is 5.62. The van der Waals surface area contributed by atoms with E-state index < -0.39 is 0 Å². The fourth-order valence-corrected chi connectivity index (χ4v) is 5.43. The van der Waals surface area contributed by atoms with Gasteiger partial charge in [-0.15, -0.1) is 21.5 Å². The molecule has 1 unspecified atom stereocenters. The Balaban J connectivity index is 1.33. The van der Waals surface area contributed by atoms with E-state index in [0.717, 1.165) is 32.8 Å². The van der Waals surface area contributed by atoms with Gasteiger partial charge in [0.15, 0.2) is 11.0 Å². The lowest BCUT2D eigenvalue weighted by molar-refractivity contribution is 0.0935. The van der Waals surface area contributed by atoms with E-state index in [4.69, 9.17) is 0 Å². The molecular weight excluding hydrogens is 488 g/mol. The van der Waals surface area contributed by atoms with Gasteiger partial charge in [0.1, 0.15) is 10.7 Å². The first kappa shape index (κ1) is 23.9. The van der Waals surface area contributed by atoms with Crippen molar-refractivity contribution < 1.29 is 4.79 Å². The van der Waals surface area contributed by atoms with Gasteiger partial charge < -0.3 is 5.32 Å². The van der Waals surface area contributed by atoms with Gasteiger partial charge in [-0.05, 0) is 43.7 Å². The van der Waals surface area contributed by atoms with Crippen LogP contribution in [0.3, 0.4) is 0 Å². The van der Waals surface area contributed by atoms with E-state index in [0.29, 0.717) is 11.4 Å². The zero-order chi connectivity index (χ0) is 24.9. The number of carbonyl (C=O) groups excluding carboxylic acids is 1. The van der Waals surface area contributed by atoms with Crippen molar-refractivity contribution in [3.8, 4) is 17.1 Å². The maximum Gasteiger partial charge on any atom is 0.271 e. The molecule has 2 aromatic carbocycles. The van der Waals surface area contributed by atoms with Crippen LogP contribution >= 0.6 is 23.1 Å². The molecule has 0 fully saturated rings. The molecule has 0 spiro atoms. The average Bonchev–Trinajstić information content (AvgIpc) is 3.56. The quantitative estimate of drug-likeness (QED) is 0.262. The number of rotatable bonds is 8. The fourth-order valence-electron chi connectivity index (χ4n) is 3.68. The zero-order valence-electron chi connectivity index (χ0n) is 19.8. The van der Waals surface area contributed by atoms with Crippen molar-refractivity contribution in [3.05, 3.63) is 106 Å². The summed E-state index contributed by atoms with van der Waals surface area (Å²) in [4.78, 5) is 21.4. The van der Waals surface area contributed by atoms with Crippen LogP contribution in [0.1, 0.15) is 39.6 Å². The topological polar surface area (TPSA) is 85.6 Å². The standard InChI is InChI=1S/C27H24N6OS2/c1-18-8-10-22(11-9-18)33-25(21-12-14-28-15-13-21)31-32-27(33)36-17-24-30-23(16-35-24)26(34)29-19(2)20-6-4-3-5-7-20/h3-16,19H,17H2,1-2H3,(H,29,34). The van der Waals surface area contributed by atoms with Crippen LogP contribution in [0.5, 0.6) is 0 Å². The summed E-state index contributed by atoms with van der Waals surface area (Å²) in [5.74, 6) is 1.14. The summed E-state index contributed by atoms with van der Waals surface area (Å²) in [7, 11) is 0. The van der Waals surface area contributed by atoms with Gasteiger partial charge in [0.05, 0.1) is 11.8 Å². The van der Waals surface area contributed by atoms with E-state index in [-0.39, 0.29) is 11.9 Å². The van der Waals surface area contributed by atoms with Crippen LogP contribution in [0.4, 0.5) is 0 Å². The Morgan fingerprint density at radius 3 is 2.53 bits per heavy atom. The van der Waals surface area contributed by atoms with Crippen LogP contribution < -0.4 is 5.32 Å². The molecule has 0 aliphatic carbocycles. The molecule has 0 aliphatic heterocycles. The fraction of sp³-hybridized carbons (Fsp3) is 0.148. The molecule has 5 aromatic rings. The third kappa shape index (κ3) is 5.37. The van der Waals surface area contributed by atoms with Gasteiger partial charge in [-0.25, -0.2) is 4.98 Å². The van der Waals surface area contributed by atoms with Gasteiger partial charge >= 0.3 is 0 Å². The predicted octanol–water partition coefficient (Wildman–Crippen LogP) is 5.88. The molecule has 0 radical (unpaired) electrons. The first-order chi connectivity index (χ1) is 17.6. The summed E-state index contributed by atoms with van der Waals surface area (Å²) in [5, 5.41) is 15.4. The van der Waals surface area contributed by atoms with Crippen molar-refractivity contribution in [2.45, 2.75) is 30.8 Å². The lowest BCUT2D eigenvalue weighted by Gasteiger charge is -2.13. The van der Waals surface area contributed by atoms with Crippen LogP contribution in [-0.2, 0) is 5.75 Å². The van der Waals surface area contributed by atoms with Gasteiger partial charge in [-0.3, -0.25) is 14.3 Å². The van der Waals surface area contributed by atoms with E-state index in [1.807, 2.05) is 54.0 Å². The van der Waals surface area contributed by atoms with E-state index in [1.54, 1.807) is 29.5 Å². The molecule has 180 valence electrons. The number of benzene rings is 2. The number of nitrogens with one attached hydrogen (secondary N) is 1. The Labute approximate surface area is 217 Å². The summed E-state index contributed by atoms with van der Waals surface area (Å²) < 4.78 is 2.04. The highest BCUT2D eigenvalue weighted by atomic mass is 32.2. The van der Waals surface area contributed by atoms with Gasteiger partial charge in [-0.2, -0.15) is 0 Å². The van der Waals surface area contributed by atoms with Crippen molar-refractivity contribution in [1.29, 1.82) is 0 Å². The number of pyridine rings is 1. The van der Waals surface area contributed by atoms with E-state index in [9.17, 15) is 4.79 Å². The molecule has 0 aliphatic rings. The van der Waals surface area contributed by atoms with Crippen LogP contribution in [-0.4, -0.2) is 30.6 Å². The Morgan fingerprint density at radius 2 is 1.78 bits per heavy atom. The van der Waals surface area contributed by atoms with E-state index in [1.165, 1.54) is 16.9 Å². The molecule has 3 aromatic heterocycles. The maximum atomic E-state index is 12.7. The number of aromatic nitrogens is 5. The molecule has 0 bridgehead atoms. The highest BCUT2D eigenvalue weighted by Gasteiger charge is 2.18. The number of nitrogens with zero attached hydrogens (tertiary/aromatic N) is 5. The number of hydrogen-bond acceptors (Lipinski definition) is 7. The Kier molecular flexibility index (Phi) is 7.20. The number of carbonyl (C=O) groups is 1. The highest BCUT2D eigenvalue weighted by molar-refractivity contribution is 7.98. The summed E-state index contributed by atoms with van der Waals surface area (Å²) in [6.07, 6.45) is 3.49. The Bertz CT molecular complexity index is 1450. The Morgan fingerprint density at radius 1 is 1.03 bits per heavy atom. The highest BCUT2D eigenvalue weighted by Crippen LogP contribution is 2.30.